The highest BCUT2D eigenvalue weighted by Crippen LogP contribution is 2.18. The number of rotatable bonds is 7. The topological polar surface area (TPSA) is 54.0 Å². The van der Waals surface area contributed by atoms with Crippen molar-refractivity contribution in [3.05, 3.63) is 94.8 Å². The molecule has 3 aromatic rings. The molecule has 2 N–H and O–H groups in total. The predicted octanol–water partition coefficient (Wildman–Crippen LogP) is 4.32. The van der Waals surface area contributed by atoms with Gasteiger partial charge in [-0.2, -0.15) is 0 Å². The fraction of sp³-hybridized carbons (Fsp3) is 0.143. The number of hydrogen-bond acceptors (Lipinski definition) is 3. The van der Waals surface area contributed by atoms with E-state index in [1.165, 1.54) is 0 Å². The van der Waals surface area contributed by atoms with E-state index in [0.717, 1.165) is 36.5 Å². The average molecular weight is 366 g/mol. The fourth-order valence-electron chi connectivity index (χ4n) is 2.60. The van der Waals surface area contributed by atoms with Gasteiger partial charge in [-0.25, -0.2) is 0 Å². The second kappa shape index (κ2) is 9.13. The van der Waals surface area contributed by atoms with E-state index in [-0.39, 0.29) is 5.91 Å². The molecule has 3 rings (SSSR count). The fourth-order valence-corrected chi connectivity index (χ4v) is 2.82. The molecule has 5 heteroatoms. The first-order valence-corrected chi connectivity index (χ1v) is 8.85. The minimum absolute atomic E-state index is 0.212. The number of anilines is 1. The SMILES string of the molecule is O=C(Nc1cccc(CNCCc2ccccn2)c1)c1ccccc1Cl. The summed E-state index contributed by atoms with van der Waals surface area (Å²) in [6.45, 7) is 1.57. The lowest BCUT2D eigenvalue weighted by molar-refractivity contribution is 0.102. The van der Waals surface area contributed by atoms with Gasteiger partial charge in [0.15, 0.2) is 0 Å². The van der Waals surface area contributed by atoms with E-state index in [2.05, 4.69) is 15.6 Å². The summed E-state index contributed by atoms with van der Waals surface area (Å²) in [4.78, 5) is 16.7. The van der Waals surface area contributed by atoms with Crippen molar-refractivity contribution in [2.45, 2.75) is 13.0 Å². The molecule has 0 aliphatic heterocycles. The Labute approximate surface area is 158 Å². The van der Waals surface area contributed by atoms with E-state index >= 15 is 0 Å². The molecule has 0 spiro atoms. The molecular weight excluding hydrogens is 346 g/mol. The van der Waals surface area contributed by atoms with Gasteiger partial charge < -0.3 is 10.6 Å². The van der Waals surface area contributed by atoms with E-state index in [1.54, 1.807) is 30.5 Å². The van der Waals surface area contributed by atoms with Crippen LogP contribution in [0.3, 0.4) is 0 Å². The van der Waals surface area contributed by atoms with Gasteiger partial charge in [0.25, 0.3) is 5.91 Å². The first kappa shape index (κ1) is 18.1. The number of carbonyl (C=O) groups is 1. The molecule has 0 unspecified atom stereocenters. The largest absolute Gasteiger partial charge is 0.322 e. The number of aromatic nitrogens is 1. The summed E-state index contributed by atoms with van der Waals surface area (Å²) in [5.74, 6) is -0.212. The molecule has 0 radical (unpaired) electrons. The number of pyridine rings is 1. The summed E-state index contributed by atoms with van der Waals surface area (Å²) in [6.07, 6.45) is 2.68. The summed E-state index contributed by atoms with van der Waals surface area (Å²) in [5.41, 5.74) is 3.38. The Morgan fingerprint density at radius 2 is 1.85 bits per heavy atom. The van der Waals surface area contributed by atoms with Gasteiger partial charge in [0.05, 0.1) is 10.6 Å². The van der Waals surface area contributed by atoms with E-state index in [9.17, 15) is 4.79 Å². The Bertz CT molecular complexity index is 868. The highest BCUT2D eigenvalue weighted by Gasteiger charge is 2.09. The first-order chi connectivity index (χ1) is 12.7. The molecule has 0 atom stereocenters. The van der Waals surface area contributed by atoms with Gasteiger partial charge in [0.1, 0.15) is 0 Å². The molecule has 2 aromatic carbocycles. The third-order valence-electron chi connectivity index (χ3n) is 3.92. The van der Waals surface area contributed by atoms with Crippen LogP contribution in [0.15, 0.2) is 72.9 Å². The van der Waals surface area contributed by atoms with Crippen LogP contribution < -0.4 is 10.6 Å². The Balaban J connectivity index is 1.53. The van der Waals surface area contributed by atoms with Crippen molar-refractivity contribution in [3.63, 3.8) is 0 Å². The van der Waals surface area contributed by atoms with Gasteiger partial charge in [0.2, 0.25) is 0 Å². The number of nitrogens with one attached hydrogen (secondary N) is 2. The maximum absolute atomic E-state index is 12.3. The quantitative estimate of drug-likeness (QED) is 0.613. The van der Waals surface area contributed by atoms with Crippen LogP contribution in [-0.4, -0.2) is 17.4 Å². The smallest absolute Gasteiger partial charge is 0.257 e. The summed E-state index contributed by atoms with van der Waals surface area (Å²) in [5, 5.41) is 6.73. The molecule has 1 aromatic heterocycles. The summed E-state index contributed by atoms with van der Waals surface area (Å²) in [6, 6.07) is 20.7. The van der Waals surface area contributed by atoms with Crippen LogP contribution in [0.5, 0.6) is 0 Å². The number of halogens is 1. The Kier molecular flexibility index (Phi) is 6.36. The molecule has 1 heterocycles. The second-order valence-corrected chi connectivity index (χ2v) is 6.29. The van der Waals surface area contributed by atoms with Gasteiger partial charge in [-0.15, -0.1) is 0 Å². The number of hydrogen-bond donors (Lipinski definition) is 2. The summed E-state index contributed by atoms with van der Waals surface area (Å²) >= 11 is 6.08. The normalized spacial score (nSPS) is 10.5. The van der Waals surface area contributed by atoms with Crippen LogP contribution in [0, 0.1) is 0 Å². The number of amides is 1. The monoisotopic (exact) mass is 365 g/mol. The lowest BCUT2D eigenvalue weighted by atomic mass is 10.1. The van der Waals surface area contributed by atoms with Crippen molar-refractivity contribution in [2.24, 2.45) is 0 Å². The Hall–Kier alpha value is -2.69. The molecule has 0 aliphatic rings. The zero-order chi connectivity index (χ0) is 18.2. The van der Waals surface area contributed by atoms with Crippen LogP contribution in [0.25, 0.3) is 0 Å². The van der Waals surface area contributed by atoms with Crippen LogP contribution in [0.1, 0.15) is 21.6 Å². The van der Waals surface area contributed by atoms with Gasteiger partial charge >= 0.3 is 0 Å². The zero-order valence-electron chi connectivity index (χ0n) is 14.3. The van der Waals surface area contributed by atoms with Crippen molar-refractivity contribution in [1.82, 2.24) is 10.3 Å². The molecule has 1 amide bonds. The van der Waals surface area contributed by atoms with Crippen LogP contribution in [-0.2, 0) is 13.0 Å². The number of nitrogens with zero attached hydrogens (tertiary/aromatic N) is 1. The Morgan fingerprint density at radius 1 is 1.00 bits per heavy atom. The lowest BCUT2D eigenvalue weighted by Crippen LogP contribution is -2.17. The molecule has 26 heavy (non-hydrogen) atoms. The zero-order valence-corrected chi connectivity index (χ0v) is 15.0. The molecule has 0 saturated carbocycles. The maximum atomic E-state index is 12.3. The van der Waals surface area contributed by atoms with Gasteiger partial charge in [-0.05, 0) is 42.0 Å². The third-order valence-corrected chi connectivity index (χ3v) is 4.25. The van der Waals surface area contributed by atoms with Crippen LogP contribution in [0.2, 0.25) is 5.02 Å². The van der Waals surface area contributed by atoms with E-state index in [0.29, 0.717) is 10.6 Å². The highest BCUT2D eigenvalue weighted by atomic mass is 35.5. The van der Waals surface area contributed by atoms with Gasteiger partial charge in [-0.1, -0.05) is 41.9 Å². The van der Waals surface area contributed by atoms with E-state index in [1.807, 2.05) is 42.5 Å². The molecule has 0 bridgehead atoms. The minimum Gasteiger partial charge on any atom is -0.322 e. The average Bonchev–Trinajstić information content (AvgIpc) is 2.67. The van der Waals surface area contributed by atoms with Crippen LogP contribution in [0.4, 0.5) is 5.69 Å². The minimum atomic E-state index is -0.212. The standard InChI is InChI=1S/C21H20ClN3O/c22-20-10-2-1-9-19(20)21(26)25-18-8-5-6-16(14-18)15-23-13-11-17-7-3-4-12-24-17/h1-10,12,14,23H,11,13,15H2,(H,25,26). The van der Waals surface area contributed by atoms with E-state index < -0.39 is 0 Å². The number of benzene rings is 2. The molecule has 4 nitrogen and oxygen atoms in total. The molecule has 132 valence electrons. The summed E-state index contributed by atoms with van der Waals surface area (Å²) < 4.78 is 0. The first-order valence-electron chi connectivity index (χ1n) is 8.48. The van der Waals surface area contributed by atoms with Crippen molar-refractivity contribution < 1.29 is 4.79 Å². The maximum Gasteiger partial charge on any atom is 0.257 e. The molecule has 0 aliphatic carbocycles. The van der Waals surface area contributed by atoms with E-state index in [4.69, 9.17) is 11.6 Å². The van der Waals surface area contributed by atoms with Crippen molar-refractivity contribution >= 4 is 23.2 Å². The van der Waals surface area contributed by atoms with Crippen molar-refractivity contribution in [2.75, 3.05) is 11.9 Å². The van der Waals surface area contributed by atoms with Crippen molar-refractivity contribution in [3.8, 4) is 0 Å². The van der Waals surface area contributed by atoms with Crippen LogP contribution >= 0.6 is 11.6 Å². The van der Waals surface area contributed by atoms with Crippen molar-refractivity contribution in [1.29, 1.82) is 0 Å². The third kappa shape index (κ3) is 5.15. The van der Waals surface area contributed by atoms with Gasteiger partial charge in [-0.3, -0.25) is 9.78 Å². The predicted molar refractivity (Wildman–Crippen MR) is 105 cm³/mol. The molecular formula is C21H20ClN3O. The second-order valence-electron chi connectivity index (χ2n) is 5.88. The molecule has 0 saturated heterocycles. The summed E-state index contributed by atoms with van der Waals surface area (Å²) in [7, 11) is 0. The molecule has 0 fully saturated rings. The number of carbonyl (C=O) groups excluding carboxylic acids is 1. The van der Waals surface area contributed by atoms with Gasteiger partial charge in [0, 0.05) is 37.1 Å². The Morgan fingerprint density at radius 3 is 2.65 bits per heavy atom. The highest BCUT2D eigenvalue weighted by molar-refractivity contribution is 6.34. The lowest BCUT2D eigenvalue weighted by Gasteiger charge is -2.09.